The van der Waals surface area contributed by atoms with Crippen LogP contribution in [0.25, 0.3) is 0 Å². The molecule has 184 valence electrons. The minimum absolute atomic E-state index is 0.0221. The molecule has 1 amide bonds. The van der Waals surface area contributed by atoms with Gasteiger partial charge in [-0.3, -0.25) is 14.3 Å². The second-order valence-corrected chi connectivity index (χ2v) is 9.94. The fraction of sp³-hybridized carbons (Fsp3) is 0.259. The molecule has 0 aliphatic carbocycles. The molecule has 0 saturated carbocycles. The SMILES string of the molecule is Cc1cccc(C)c1NS(=O)(=O)c1ccc(NC(=O)CCC(=O)OCCCc2ccccc2)cc1. The number of sulfonamides is 1. The maximum absolute atomic E-state index is 12.8. The van der Waals surface area contributed by atoms with E-state index in [-0.39, 0.29) is 23.6 Å². The molecule has 0 saturated heterocycles. The summed E-state index contributed by atoms with van der Waals surface area (Å²) in [5.74, 6) is -0.775. The van der Waals surface area contributed by atoms with Crippen molar-refractivity contribution in [3.8, 4) is 0 Å². The topological polar surface area (TPSA) is 102 Å². The minimum atomic E-state index is -3.78. The number of amides is 1. The number of aryl methyl sites for hydroxylation is 3. The molecule has 7 nitrogen and oxygen atoms in total. The first-order valence-corrected chi connectivity index (χ1v) is 12.9. The number of rotatable bonds is 11. The number of hydrogen-bond acceptors (Lipinski definition) is 5. The smallest absolute Gasteiger partial charge is 0.306 e. The van der Waals surface area contributed by atoms with Crippen LogP contribution in [0.3, 0.4) is 0 Å². The fourth-order valence-corrected chi connectivity index (χ4v) is 4.71. The zero-order chi connectivity index (χ0) is 25.3. The lowest BCUT2D eigenvalue weighted by Gasteiger charge is -2.13. The molecule has 2 N–H and O–H groups in total. The van der Waals surface area contributed by atoms with Crippen LogP contribution in [0, 0.1) is 13.8 Å². The Labute approximate surface area is 206 Å². The molecule has 3 aromatic rings. The van der Waals surface area contributed by atoms with E-state index in [4.69, 9.17) is 4.74 Å². The number of nitrogens with one attached hydrogen (secondary N) is 2. The number of carbonyl (C=O) groups excluding carboxylic acids is 2. The van der Waals surface area contributed by atoms with Crippen molar-refractivity contribution < 1.29 is 22.7 Å². The Morgan fingerprint density at radius 2 is 1.49 bits per heavy atom. The Morgan fingerprint density at radius 1 is 0.829 bits per heavy atom. The van der Waals surface area contributed by atoms with Crippen LogP contribution in [0.4, 0.5) is 11.4 Å². The van der Waals surface area contributed by atoms with Crippen molar-refractivity contribution in [2.75, 3.05) is 16.6 Å². The summed E-state index contributed by atoms with van der Waals surface area (Å²) in [6.45, 7) is 3.98. The summed E-state index contributed by atoms with van der Waals surface area (Å²) in [4.78, 5) is 24.1. The number of benzene rings is 3. The molecule has 0 aromatic heterocycles. The van der Waals surface area contributed by atoms with E-state index < -0.39 is 16.0 Å². The van der Waals surface area contributed by atoms with Gasteiger partial charge in [-0.15, -0.1) is 0 Å². The van der Waals surface area contributed by atoms with E-state index in [1.807, 2.05) is 62.4 Å². The maximum Gasteiger partial charge on any atom is 0.306 e. The van der Waals surface area contributed by atoms with Gasteiger partial charge in [-0.05, 0) is 67.6 Å². The van der Waals surface area contributed by atoms with Crippen molar-refractivity contribution in [1.82, 2.24) is 0 Å². The molecule has 0 heterocycles. The number of anilines is 2. The molecule has 35 heavy (non-hydrogen) atoms. The predicted molar refractivity (Wildman–Crippen MR) is 137 cm³/mol. The van der Waals surface area contributed by atoms with Crippen LogP contribution >= 0.6 is 0 Å². The lowest BCUT2D eigenvalue weighted by Crippen LogP contribution is -2.16. The van der Waals surface area contributed by atoms with E-state index in [2.05, 4.69) is 10.0 Å². The first-order valence-electron chi connectivity index (χ1n) is 11.4. The van der Waals surface area contributed by atoms with Gasteiger partial charge in [0, 0.05) is 12.1 Å². The molecule has 0 aliphatic rings. The third kappa shape index (κ3) is 7.96. The first-order chi connectivity index (χ1) is 16.7. The van der Waals surface area contributed by atoms with Gasteiger partial charge in [0.15, 0.2) is 0 Å². The largest absolute Gasteiger partial charge is 0.466 e. The van der Waals surface area contributed by atoms with Gasteiger partial charge < -0.3 is 10.1 Å². The second-order valence-electron chi connectivity index (χ2n) is 8.25. The first kappa shape index (κ1) is 26.0. The van der Waals surface area contributed by atoms with Gasteiger partial charge in [-0.1, -0.05) is 48.5 Å². The van der Waals surface area contributed by atoms with Gasteiger partial charge in [-0.25, -0.2) is 8.42 Å². The van der Waals surface area contributed by atoms with Gasteiger partial charge in [0.25, 0.3) is 10.0 Å². The van der Waals surface area contributed by atoms with E-state index in [1.54, 1.807) is 0 Å². The Bertz CT molecular complexity index is 1240. The summed E-state index contributed by atoms with van der Waals surface area (Å²) in [6.07, 6.45) is 1.49. The van der Waals surface area contributed by atoms with Crippen LogP contribution in [-0.4, -0.2) is 26.9 Å². The summed E-state index contributed by atoms with van der Waals surface area (Å²) in [5.41, 5.74) is 3.83. The van der Waals surface area contributed by atoms with Crippen LogP contribution in [-0.2, 0) is 30.8 Å². The summed E-state index contributed by atoms with van der Waals surface area (Å²) in [7, 11) is -3.78. The van der Waals surface area contributed by atoms with E-state index in [1.165, 1.54) is 29.8 Å². The standard InChI is InChI=1S/C27H30N2O5S/c1-20-8-6-9-21(2)27(20)29-35(32,33)24-15-13-23(14-16-24)28-25(30)17-18-26(31)34-19-7-12-22-10-4-3-5-11-22/h3-6,8-11,13-16,29H,7,12,17-19H2,1-2H3,(H,28,30). The highest BCUT2D eigenvalue weighted by molar-refractivity contribution is 7.92. The van der Waals surface area contributed by atoms with Crippen molar-refractivity contribution >= 4 is 33.3 Å². The molecular weight excluding hydrogens is 464 g/mol. The summed E-state index contributed by atoms with van der Waals surface area (Å²) in [5, 5.41) is 2.67. The van der Waals surface area contributed by atoms with Gasteiger partial charge >= 0.3 is 5.97 Å². The van der Waals surface area contributed by atoms with Crippen molar-refractivity contribution in [3.63, 3.8) is 0 Å². The van der Waals surface area contributed by atoms with Crippen molar-refractivity contribution in [2.45, 2.75) is 44.4 Å². The third-order valence-corrected chi connectivity index (χ3v) is 6.80. The van der Waals surface area contributed by atoms with E-state index in [0.29, 0.717) is 18.0 Å². The zero-order valence-electron chi connectivity index (χ0n) is 19.9. The fourth-order valence-electron chi connectivity index (χ4n) is 3.50. The molecule has 8 heteroatoms. The van der Waals surface area contributed by atoms with Gasteiger partial charge in [0.2, 0.25) is 5.91 Å². The highest BCUT2D eigenvalue weighted by atomic mass is 32.2. The Morgan fingerprint density at radius 3 is 2.14 bits per heavy atom. The molecule has 3 rings (SSSR count). The van der Waals surface area contributed by atoms with Crippen LogP contribution in [0.1, 0.15) is 36.0 Å². The van der Waals surface area contributed by atoms with E-state index in [9.17, 15) is 18.0 Å². The number of ether oxygens (including phenoxy) is 1. The average molecular weight is 495 g/mol. The van der Waals surface area contributed by atoms with Crippen molar-refractivity contribution in [2.24, 2.45) is 0 Å². The molecule has 0 unspecified atom stereocenters. The molecule has 0 bridgehead atoms. The summed E-state index contributed by atoms with van der Waals surface area (Å²) >= 11 is 0. The second kappa shape index (κ2) is 12.2. The van der Waals surface area contributed by atoms with E-state index in [0.717, 1.165) is 24.0 Å². The van der Waals surface area contributed by atoms with Crippen LogP contribution < -0.4 is 10.0 Å². The molecule has 3 aromatic carbocycles. The van der Waals surface area contributed by atoms with Gasteiger partial charge in [0.1, 0.15) is 0 Å². The third-order valence-electron chi connectivity index (χ3n) is 5.44. The van der Waals surface area contributed by atoms with Crippen molar-refractivity contribution in [1.29, 1.82) is 0 Å². The van der Waals surface area contributed by atoms with E-state index >= 15 is 0 Å². The molecule has 0 spiro atoms. The molecule has 0 radical (unpaired) electrons. The lowest BCUT2D eigenvalue weighted by atomic mass is 10.1. The lowest BCUT2D eigenvalue weighted by molar-refractivity contribution is -0.144. The number of hydrogen-bond donors (Lipinski definition) is 2. The maximum atomic E-state index is 12.8. The summed E-state index contributed by atoms with van der Waals surface area (Å²) in [6, 6.07) is 21.4. The Kier molecular flexibility index (Phi) is 9.03. The molecule has 0 fully saturated rings. The quantitative estimate of drug-likeness (QED) is 0.289. The predicted octanol–water partition coefficient (Wildman–Crippen LogP) is 5.00. The monoisotopic (exact) mass is 494 g/mol. The molecule has 0 atom stereocenters. The highest BCUT2D eigenvalue weighted by Gasteiger charge is 2.17. The average Bonchev–Trinajstić information content (AvgIpc) is 2.84. The summed E-state index contributed by atoms with van der Waals surface area (Å²) < 4.78 is 33.3. The number of carbonyl (C=O) groups is 2. The molecule has 0 aliphatic heterocycles. The van der Waals surface area contributed by atoms with Crippen LogP contribution in [0.5, 0.6) is 0 Å². The highest BCUT2D eigenvalue weighted by Crippen LogP contribution is 2.24. The normalized spacial score (nSPS) is 11.0. The Hall–Kier alpha value is -3.65. The Balaban J connectivity index is 1.43. The number of esters is 1. The van der Waals surface area contributed by atoms with Crippen LogP contribution in [0.15, 0.2) is 77.7 Å². The zero-order valence-corrected chi connectivity index (χ0v) is 20.7. The molecular formula is C27H30N2O5S. The van der Waals surface area contributed by atoms with Gasteiger partial charge in [-0.2, -0.15) is 0 Å². The van der Waals surface area contributed by atoms with Crippen LogP contribution in [0.2, 0.25) is 0 Å². The van der Waals surface area contributed by atoms with Crippen molar-refractivity contribution in [3.05, 3.63) is 89.5 Å². The van der Waals surface area contributed by atoms with Gasteiger partial charge in [0.05, 0.1) is 23.6 Å². The number of para-hydroxylation sites is 1. The minimum Gasteiger partial charge on any atom is -0.466 e.